The zero-order chi connectivity index (χ0) is 11.4. The van der Waals surface area contributed by atoms with Crippen LogP contribution in [0, 0.1) is 29.6 Å². The molecule has 4 nitrogen and oxygen atoms in total. The molecule has 0 aliphatic heterocycles. The van der Waals surface area contributed by atoms with Gasteiger partial charge in [-0.1, -0.05) is 0 Å². The number of nitriles is 2. The highest BCUT2D eigenvalue weighted by Gasteiger charge is 1.86. The van der Waals surface area contributed by atoms with Crippen molar-refractivity contribution < 1.29 is 13.2 Å². The maximum Gasteiger partial charge on any atom is 0.379 e. The number of aromatic nitrogens is 2. The molecule has 14 heavy (non-hydrogen) atoms. The van der Waals surface area contributed by atoms with Crippen LogP contribution in [0.25, 0.3) is 0 Å². The second-order valence-electron chi connectivity index (χ2n) is 1.65. The van der Waals surface area contributed by atoms with Crippen LogP contribution in [0.5, 0.6) is 0 Å². The van der Waals surface area contributed by atoms with E-state index in [9.17, 15) is 13.2 Å². The Morgan fingerprint density at radius 3 is 1.86 bits per heavy atom. The van der Waals surface area contributed by atoms with Crippen LogP contribution in [0.15, 0.2) is 12.4 Å². The number of alkyl halides is 3. The number of hydrogen-bond acceptors (Lipinski definition) is 3. The summed E-state index contributed by atoms with van der Waals surface area (Å²) in [7, 11) is 0. The Morgan fingerprint density at radius 1 is 1.36 bits per heavy atom. The molecule has 0 bridgehead atoms. The van der Waals surface area contributed by atoms with E-state index in [2.05, 4.69) is 9.97 Å². The Labute approximate surface area is 78.6 Å². The van der Waals surface area contributed by atoms with Gasteiger partial charge in [0.25, 0.3) is 0 Å². The van der Waals surface area contributed by atoms with Gasteiger partial charge in [0.15, 0.2) is 12.1 Å². The standard InChI is InChI=1S/C4H6N2.C2N2.CHF3/c1-4-5-2-3-6-4;3-1-2-4;2-1(3)4/h2-3H,1H3,(H,5,6);;1H. The summed E-state index contributed by atoms with van der Waals surface area (Å²) in [5.74, 6) is 0.968. The van der Waals surface area contributed by atoms with Crippen molar-refractivity contribution in [3.63, 3.8) is 0 Å². The molecule has 0 atom stereocenters. The number of rotatable bonds is 0. The van der Waals surface area contributed by atoms with Crippen molar-refractivity contribution in [3.05, 3.63) is 18.2 Å². The number of halogens is 3. The lowest BCUT2D eigenvalue weighted by Gasteiger charge is -1.68. The van der Waals surface area contributed by atoms with E-state index in [4.69, 9.17) is 10.5 Å². The van der Waals surface area contributed by atoms with E-state index in [1.165, 1.54) is 12.1 Å². The second-order valence-corrected chi connectivity index (χ2v) is 1.65. The van der Waals surface area contributed by atoms with Gasteiger partial charge in [0.2, 0.25) is 0 Å². The zero-order valence-electron chi connectivity index (χ0n) is 7.21. The highest BCUT2D eigenvalue weighted by molar-refractivity contribution is 4.99. The molecular formula is C7H7F3N4. The van der Waals surface area contributed by atoms with Gasteiger partial charge in [-0.3, -0.25) is 0 Å². The van der Waals surface area contributed by atoms with Crippen LogP contribution in [-0.4, -0.2) is 16.6 Å². The van der Waals surface area contributed by atoms with E-state index in [1.807, 2.05) is 6.92 Å². The van der Waals surface area contributed by atoms with Gasteiger partial charge in [-0.25, -0.2) is 4.98 Å². The molecule has 0 amide bonds. The molecule has 0 aromatic carbocycles. The third kappa shape index (κ3) is 22.5. The average molecular weight is 204 g/mol. The van der Waals surface area contributed by atoms with Gasteiger partial charge >= 0.3 is 6.68 Å². The van der Waals surface area contributed by atoms with Crippen molar-refractivity contribution in [2.45, 2.75) is 13.6 Å². The Kier molecular flexibility index (Phi) is 11.4. The van der Waals surface area contributed by atoms with Gasteiger partial charge in [-0.15, -0.1) is 0 Å². The first-order valence-electron chi connectivity index (χ1n) is 3.21. The quantitative estimate of drug-likeness (QED) is 0.701. The van der Waals surface area contributed by atoms with Crippen LogP contribution >= 0.6 is 0 Å². The van der Waals surface area contributed by atoms with Gasteiger partial charge in [-0.05, 0) is 6.92 Å². The molecule has 0 saturated carbocycles. The maximum absolute atomic E-state index is 9.67. The molecule has 0 saturated heterocycles. The lowest BCUT2D eigenvalue weighted by molar-refractivity contribution is 0.00819. The molecule has 1 N–H and O–H groups in total. The highest BCUT2D eigenvalue weighted by atomic mass is 19.4. The van der Waals surface area contributed by atoms with Crippen LogP contribution in [0.1, 0.15) is 5.82 Å². The molecule has 0 aliphatic carbocycles. The molecule has 1 aromatic rings. The molecule has 0 spiro atoms. The van der Waals surface area contributed by atoms with Crippen LogP contribution < -0.4 is 0 Å². The van der Waals surface area contributed by atoms with E-state index in [0.717, 1.165) is 5.82 Å². The summed E-state index contributed by atoms with van der Waals surface area (Å²) < 4.78 is 29.0. The Balaban J connectivity index is 0. The molecule has 76 valence electrons. The van der Waals surface area contributed by atoms with Gasteiger partial charge in [0.1, 0.15) is 5.82 Å². The predicted octanol–water partition coefficient (Wildman–Crippen LogP) is 1.93. The van der Waals surface area contributed by atoms with Gasteiger partial charge < -0.3 is 4.98 Å². The fraction of sp³-hybridized carbons (Fsp3) is 0.286. The number of aryl methyl sites for hydroxylation is 1. The van der Waals surface area contributed by atoms with E-state index >= 15 is 0 Å². The summed E-state index contributed by atoms with van der Waals surface area (Å²) >= 11 is 0. The van der Waals surface area contributed by atoms with Gasteiger partial charge in [0, 0.05) is 12.4 Å². The van der Waals surface area contributed by atoms with Crippen LogP contribution in [0.4, 0.5) is 13.2 Å². The lowest BCUT2D eigenvalue weighted by atomic mass is 10.8. The first-order valence-corrected chi connectivity index (χ1v) is 3.21. The molecule has 0 aliphatic rings. The normalized spacial score (nSPS) is 7.07. The fourth-order valence-electron chi connectivity index (χ4n) is 0.344. The summed E-state index contributed by atoms with van der Waals surface area (Å²) in [5.41, 5.74) is 0. The number of aromatic amines is 1. The largest absolute Gasteiger partial charge is 0.379 e. The molecule has 0 fully saturated rings. The monoisotopic (exact) mass is 204 g/mol. The lowest BCUT2D eigenvalue weighted by Crippen LogP contribution is -1.66. The van der Waals surface area contributed by atoms with Crippen LogP contribution in [0.2, 0.25) is 0 Å². The molecule has 0 radical (unpaired) electrons. The van der Waals surface area contributed by atoms with E-state index < -0.39 is 6.68 Å². The summed E-state index contributed by atoms with van der Waals surface area (Å²) in [4.78, 5) is 6.75. The van der Waals surface area contributed by atoms with Crippen molar-refractivity contribution in [1.29, 1.82) is 10.5 Å². The van der Waals surface area contributed by atoms with Gasteiger partial charge in [0.05, 0.1) is 0 Å². The SMILES string of the molecule is Cc1ncc[nH]1.FC(F)F.N#CC#N. The van der Waals surface area contributed by atoms with Gasteiger partial charge in [-0.2, -0.15) is 23.7 Å². The molecule has 0 unspecified atom stereocenters. The molecule has 1 aromatic heterocycles. The Hall–Kier alpha value is -2.02. The number of imidazole rings is 1. The second kappa shape index (κ2) is 11.0. The summed E-state index contributed by atoms with van der Waals surface area (Å²) in [6.07, 6.45) is 3.53. The smallest absolute Gasteiger partial charge is 0.349 e. The topological polar surface area (TPSA) is 76.3 Å². The van der Waals surface area contributed by atoms with E-state index in [0.29, 0.717) is 0 Å². The summed E-state index contributed by atoms with van der Waals surface area (Å²) in [6.45, 7) is -1.75. The highest BCUT2D eigenvalue weighted by Crippen LogP contribution is 1.87. The summed E-state index contributed by atoms with van der Waals surface area (Å²) in [6, 6.07) is 2.47. The number of nitrogens with one attached hydrogen (secondary N) is 1. The van der Waals surface area contributed by atoms with Crippen molar-refractivity contribution in [2.75, 3.05) is 0 Å². The van der Waals surface area contributed by atoms with E-state index in [1.54, 1.807) is 12.4 Å². The minimum Gasteiger partial charge on any atom is -0.349 e. The average Bonchev–Trinajstić information content (AvgIpc) is 2.55. The number of hydrogen-bond donors (Lipinski definition) is 1. The predicted molar refractivity (Wildman–Crippen MR) is 41.7 cm³/mol. The molecule has 7 heteroatoms. The first kappa shape index (κ1) is 14.5. The number of nitrogens with zero attached hydrogens (tertiary/aromatic N) is 3. The van der Waals surface area contributed by atoms with Crippen LogP contribution in [-0.2, 0) is 0 Å². The minimum atomic E-state index is -3.67. The molecule has 1 rings (SSSR count). The Bertz CT molecular complexity index is 268. The Morgan fingerprint density at radius 2 is 1.79 bits per heavy atom. The third-order valence-corrected chi connectivity index (χ3v) is 0.685. The van der Waals surface area contributed by atoms with Crippen molar-refractivity contribution >= 4 is 0 Å². The maximum atomic E-state index is 9.67. The van der Waals surface area contributed by atoms with Crippen molar-refractivity contribution in [3.8, 4) is 12.1 Å². The fourth-order valence-corrected chi connectivity index (χ4v) is 0.344. The van der Waals surface area contributed by atoms with Crippen molar-refractivity contribution in [1.82, 2.24) is 9.97 Å². The zero-order valence-corrected chi connectivity index (χ0v) is 7.21. The van der Waals surface area contributed by atoms with Crippen LogP contribution in [0.3, 0.4) is 0 Å². The number of H-pyrrole nitrogens is 1. The first-order chi connectivity index (χ1) is 6.54. The summed E-state index contributed by atoms with van der Waals surface area (Å²) in [5, 5.41) is 14.5. The van der Waals surface area contributed by atoms with E-state index in [-0.39, 0.29) is 0 Å². The van der Waals surface area contributed by atoms with Crippen molar-refractivity contribution in [2.24, 2.45) is 0 Å². The molecule has 1 heterocycles. The third-order valence-electron chi connectivity index (χ3n) is 0.685. The minimum absolute atomic E-state index is 0.968. The molecular weight excluding hydrogens is 197 g/mol.